The van der Waals surface area contributed by atoms with E-state index >= 15 is 0 Å². The Kier molecular flexibility index (Phi) is 4.98. The number of benzene rings is 1. The monoisotopic (exact) mass is 315 g/mol. The van der Waals surface area contributed by atoms with E-state index in [2.05, 4.69) is 11.6 Å². The number of carbonyl (C=O) groups is 2. The van der Waals surface area contributed by atoms with Crippen molar-refractivity contribution in [3.8, 4) is 0 Å². The highest BCUT2D eigenvalue weighted by molar-refractivity contribution is 6.09. The van der Waals surface area contributed by atoms with Gasteiger partial charge in [0.1, 0.15) is 0 Å². The van der Waals surface area contributed by atoms with Gasteiger partial charge in [-0.3, -0.25) is 9.59 Å². The molecule has 2 rings (SSSR count). The second-order valence-electron chi connectivity index (χ2n) is 5.85. The van der Waals surface area contributed by atoms with Crippen LogP contribution >= 0.6 is 0 Å². The van der Waals surface area contributed by atoms with Gasteiger partial charge in [0.25, 0.3) is 5.91 Å². The van der Waals surface area contributed by atoms with Crippen molar-refractivity contribution in [3.63, 3.8) is 0 Å². The summed E-state index contributed by atoms with van der Waals surface area (Å²) >= 11 is 0. The first-order valence-electron chi connectivity index (χ1n) is 7.56. The van der Waals surface area contributed by atoms with Crippen LogP contribution in [-0.2, 0) is 19.1 Å². The largest absolute Gasteiger partial charge is 0.457 e. The SMILES string of the molecule is C=CC[C@]1([C@@H](OC(C)=O)C(C)C)OC(c2ccccc2)=NC1=O. The van der Waals surface area contributed by atoms with E-state index < -0.39 is 23.6 Å². The first kappa shape index (κ1) is 16.9. The molecule has 1 aromatic carbocycles. The summed E-state index contributed by atoms with van der Waals surface area (Å²) in [6.07, 6.45) is 1.05. The number of hydrogen-bond acceptors (Lipinski definition) is 4. The average Bonchev–Trinajstić information content (AvgIpc) is 2.83. The quantitative estimate of drug-likeness (QED) is 0.598. The van der Waals surface area contributed by atoms with Crippen molar-refractivity contribution in [3.05, 3.63) is 48.6 Å². The van der Waals surface area contributed by atoms with Gasteiger partial charge in [-0.2, -0.15) is 4.99 Å². The Bertz CT molecular complexity index is 636. The van der Waals surface area contributed by atoms with E-state index in [1.165, 1.54) is 6.92 Å². The first-order chi connectivity index (χ1) is 10.9. The molecule has 0 unspecified atom stereocenters. The van der Waals surface area contributed by atoms with E-state index in [0.29, 0.717) is 5.56 Å². The van der Waals surface area contributed by atoms with Gasteiger partial charge in [-0.1, -0.05) is 38.1 Å². The molecule has 23 heavy (non-hydrogen) atoms. The molecule has 1 aliphatic rings. The van der Waals surface area contributed by atoms with Gasteiger partial charge in [-0.25, -0.2) is 0 Å². The lowest BCUT2D eigenvalue weighted by atomic mass is 9.85. The summed E-state index contributed by atoms with van der Waals surface area (Å²) in [6, 6.07) is 9.17. The lowest BCUT2D eigenvalue weighted by molar-refractivity contribution is -0.169. The maximum Gasteiger partial charge on any atom is 0.303 e. The number of nitrogens with zero attached hydrogens (tertiary/aromatic N) is 1. The van der Waals surface area contributed by atoms with Gasteiger partial charge in [0.2, 0.25) is 11.5 Å². The normalized spacial score (nSPS) is 21.6. The standard InChI is InChI=1S/C18H21NO4/c1-5-11-18(15(12(2)3)22-13(4)20)17(21)19-16(23-18)14-9-7-6-8-10-14/h5-10,12,15H,1,11H2,2-4H3/t15-,18+/m0/s1. The molecule has 0 fully saturated rings. The van der Waals surface area contributed by atoms with Crippen LogP contribution in [0.2, 0.25) is 0 Å². The summed E-state index contributed by atoms with van der Waals surface area (Å²) in [5, 5.41) is 0. The Balaban J connectivity index is 2.40. The molecule has 122 valence electrons. The zero-order valence-electron chi connectivity index (χ0n) is 13.6. The maximum absolute atomic E-state index is 12.6. The molecule has 0 radical (unpaired) electrons. The summed E-state index contributed by atoms with van der Waals surface area (Å²) < 4.78 is 11.4. The van der Waals surface area contributed by atoms with E-state index in [-0.39, 0.29) is 18.2 Å². The van der Waals surface area contributed by atoms with Gasteiger partial charge < -0.3 is 9.47 Å². The molecule has 0 saturated carbocycles. The fraction of sp³-hybridized carbons (Fsp3) is 0.389. The molecule has 5 heteroatoms. The average molecular weight is 315 g/mol. The number of ether oxygens (including phenoxy) is 2. The van der Waals surface area contributed by atoms with E-state index in [4.69, 9.17) is 9.47 Å². The summed E-state index contributed by atoms with van der Waals surface area (Å²) in [5.74, 6) is -0.781. The van der Waals surface area contributed by atoms with Crippen LogP contribution in [-0.4, -0.2) is 29.5 Å². The van der Waals surface area contributed by atoms with Crippen LogP contribution in [0, 0.1) is 5.92 Å². The van der Waals surface area contributed by atoms with Crippen molar-refractivity contribution in [1.29, 1.82) is 0 Å². The smallest absolute Gasteiger partial charge is 0.303 e. The van der Waals surface area contributed by atoms with Gasteiger partial charge in [0.05, 0.1) is 0 Å². The fourth-order valence-electron chi connectivity index (χ4n) is 2.72. The zero-order valence-corrected chi connectivity index (χ0v) is 13.6. The number of rotatable bonds is 6. The van der Waals surface area contributed by atoms with Crippen LogP contribution in [0.15, 0.2) is 48.0 Å². The summed E-state index contributed by atoms with van der Waals surface area (Å²) in [4.78, 5) is 28.2. The zero-order chi connectivity index (χ0) is 17.0. The predicted octanol–water partition coefficient (Wildman–Crippen LogP) is 2.89. The van der Waals surface area contributed by atoms with E-state index in [1.807, 2.05) is 44.2 Å². The van der Waals surface area contributed by atoms with Gasteiger partial charge in [0.15, 0.2) is 6.10 Å². The third-order valence-electron chi connectivity index (χ3n) is 3.67. The van der Waals surface area contributed by atoms with Crippen LogP contribution < -0.4 is 0 Å². The lowest BCUT2D eigenvalue weighted by Gasteiger charge is -2.35. The maximum atomic E-state index is 12.6. The van der Waals surface area contributed by atoms with Gasteiger partial charge in [-0.05, 0) is 18.1 Å². The van der Waals surface area contributed by atoms with Crippen molar-refractivity contribution in [2.45, 2.75) is 38.9 Å². The van der Waals surface area contributed by atoms with Crippen molar-refractivity contribution in [1.82, 2.24) is 0 Å². The minimum atomic E-state index is -1.35. The minimum Gasteiger partial charge on any atom is -0.457 e. The molecular weight excluding hydrogens is 294 g/mol. The van der Waals surface area contributed by atoms with Crippen LogP contribution in [0.25, 0.3) is 0 Å². The number of carbonyl (C=O) groups excluding carboxylic acids is 2. The Hall–Kier alpha value is -2.43. The molecule has 1 aromatic rings. The van der Waals surface area contributed by atoms with Gasteiger partial charge in [-0.15, -0.1) is 6.58 Å². The minimum absolute atomic E-state index is 0.117. The molecule has 0 aromatic heterocycles. The molecule has 0 bridgehead atoms. The van der Waals surface area contributed by atoms with E-state index in [0.717, 1.165) is 0 Å². The van der Waals surface area contributed by atoms with Crippen molar-refractivity contribution in [2.24, 2.45) is 10.9 Å². The van der Waals surface area contributed by atoms with Crippen LogP contribution in [0.1, 0.15) is 32.8 Å². The highest BCUT2D eigenvalue weighted by Crippen LogP contribution is 2.35. The number of esters is 1. The third-order valence-corrected chi connectivity index (χ3v) is 3.67. The predicted molar refractivity (Wildman–Crippen MR) is 87.0 cm³/mol. The van der Waals surface area contributed by atoms with Crippen molar-refractivity contribution >= 4 is 17.8 Å². The summed E-state index contributed by atoms with van der Waals surface area (Å²) in [7, 11) is 0. The second kappa shape index (κ2) is 6.77. The molecular formula is C18H21NO4. The fourth-order valence-corrected chi connectivity index (χ4v) is 2.72. The third kappa shape index (κ3) is 3.33. The van der Waals surface area contributed by atoms with Crippen molar-refractivity contribution in [2.75, 3.05) is 0 Å². The highest BCUT2D eigenvalue weighted by Gasteiger charge is 2.55. The van der Waals surface area contributed by atoms with Crippen LogP contribution in [0.4, 0.5) is 0 Å². The molecule has 1 aliphatic heterocycles. The Labute approximate surface area is 136 Å². The Morgan fingerprint density at radius 1 is 1.39 bits per heavy atom. The molecule has 2 atom stereocenters. The molecule has 1 heterocycles. The molecule has 0 N–H and O–H groups in total. The number of amides is 1. The van der Waals surface area contributed by atoms with Crippen LogP contribution in [0.3, 0.4) is 0 Å². The molecule has 0 aliphatic carbocycles. The molecule has 5 nitrogen and oxygen atoms in total. The summed E-state index contributed by atoms with van der Waals surface area (Å²) in [6.45, 7) is 8.75. The number of hydrogen-bond donors (Lipinski definition) is 0. The lowest BCUT2D eigenvalue weighted by Crippen LogP contribution is -2.53. The molecule has 0 saturated heterocycles. The van der Waals surface area contributed by atoms with Crippen molar-refractivity contribution < 1.29 is 19.1 Å². The first-order valence-corrected chi connectivity index (χ1v) is 7.56. The Morgan fingerprint density at radius 3 is 2.57 bits per heavy atom. The topological polar surface area (TPSA) is 65.0 Å². The Morgan fingerprint density at radius 2 is 2.04 bits per heavy atom. The van der Waals surface area contributed by atoms with Gasteiger partial charge >= 0.3 is 5.97 Å². The second-order valence-corrected chi connectivity index (χ2v) is 5.85. The van der Waals surface area contributed by atoms with Gasteiger partial charge in [0, 0.05) is 18.9 Å². The summed E-state index contributed by atoms with van der Waals surface area (Å²) in [5.41, 5.74) is -0.649. The van der Waals surface area contributed by atoms with E-state index in [9.17, 15) is 9.59 Å². The van der Waals surface area contributed by atoms with E-state index in [1.54, 1.807) is 6.08 Å². The molecule has 1 amide bonds. The molecule has 0 spiro atoms. The number of aliphatic imine (C=N–C) groups is 1. The van der Waals surface area contributed by atoms with Crippen LogP contribution in [0.5, 0.6) is 0 Å². The highest BCUT2D eigenvalue weighted by atomic mass is 16.6.